The zero-order valence-electron chi connectivity index (χ0n) is 11.5. The highest BCUT2D eigenvalue weighted by Gasteiger charge is 2.30. The van der Waals surface area contributed by atoms with Gasteiger partial charge in [0.2, 0.25) is 5.91 Å². The maximum absolute atomic E-state index is 12.0. The highest BCUT2D eigenvalue weighted by Crippen LogP contribution is 2.12. The van der Waals surface area contributed by atoms with Crippen LogP contribution in [0.15, 0.2) is 24.3 Å². The predicted octanol–water partition coefficient (Wildman–Crippen LogP) is -0.488. The summed E-state index contributed by atoms with van der Waals surface area (Å²) in [4.78, 5) is 12.0. The average molecular weight is 282 g/mol. The highest BCUT2D eigenvalue weighted by molar-refractivity contribution is 5.82. The van der Waals surface area contributed by atoms with E-state index >= 15 is 0 Å². The molecule has 6 heteroatoms. The number of nitrogens with one attached hydrogen (secondary N) is 1. The van der Waals surface area contributed by atoms with E-state index in [2.05, 4.69) is 5.32 Å². The number of nitrogens with two attached hydrogens (primary N) is 1. The number of aromatic hydroxyl groups is 1. The van der Waals surface area contributed by atoms with Gasteiger partial charge in [0.05, 0.1) is 24.8 Å². The molecule has 112 valence electrons. The van der Waals surface area contributed by atoms with E-state index < -0.39 is 17.5 Å². The fourth-order valence-electron chi connectivity index (χ4n) is 1.77. The number of phenolic OH excluding ortho intramolecular Hbond substituents is 1. The van der Waals surface area contributed by atoms with Gasteiger partial charge >= 0.3 is 0 Å². The summed E-state index contributed by atoms with van der Waals surface area (Å²) in [7, 11) is 0. The van der Waals surface area contributed by atoms with Gasteiger partial charge in [0.25, 0.3) is 0 Å². The van der Waals surface area contributed by atoms with Crippen molar-refractivity contribution in [1.82, 2.24) is 5.32 Å². The summed E-state index contributed by atoms with van der Waals surface area (Å²) in [5.74, 6) is -0.277. The van der Waals surface area contributed by atoms with Crippen molar-refractivity contribution in [3.8, 4) is 5.75 Å². The van der Waals surface area contributed by atoms with Crippen molar-refractivity contribution >= 4 is 5.91 Å². The molecule has 0 saturated carbocycles. The van der Waals surface area contributed by atoms with Crippen molar-refractivity contribution < 1.29 is 20.1 Å². The molecule has 0 spiro atoms. The fourth-order valence-corrected chi connectivity index (χ4v) is 1.77. The highest BCUT2D eigenvalue weighted by atomic mass is 16.3. The standard InChI is InChI=1S/C14H22N2O4/c1-2-14(8-17,9-18)16-13(20)12(15)7-10-3-5-11(19)6-4-10/h3-6,12,17-19H,2,7-9,15H2,1H3,(H,16,20). The van der Waals surface area contributed by atoms with E-state index in [1.807, 2.05) is 0 Å². The molecule has 0 saturated heterocycles. The molecule has 20 heavy (non-hydrogen) atoms. The second-order valence-electron chi connectivity index (χ2n) is 4.92. The Balaban J connectivity index is 2.65. The van der Waals surface area contributed by atoms with E-state index in [1.165, 1.54) is 12.1 Å². The predicted molar refractivity (Wildman–Crippen MR) is 75.1 cm³/mol. The zero-order chi connectivity index (χ0) is 15.2. The maximum atomic E-state index is 12.0. The quantitative estimate of drug-likeness (QED) is 0.463. The summed E-state index contributed by atoms with van der Waals surface area (Å²) >= 11 is 0. The number of carbonyl (C=O) groups excluding carboxylic acids is 1. The Kier molecular flexibility index (Phi) is 5.94. The lowest BCUT2D eigenvalue weighted by Crippen LogP contribution is -2.58. The molecular weight excluding hydrogens is 260 g/mol. The third kappa shape index (κ3) is 4.19. The number of carbonyl (C=O) groups is 1. The molecular formula is C14H22N2O4. The number of amides is 1. The van der Waals surface area contributed by atoms with Gasteiger partial charge < -0.3 is 26.4 Å². The lowest BCUT2D eigenvalue weighted by molar-refractivity contribution is -0.125. The number of hydrogen-bond acceptors (Lipinski definition) is 5. The second-order valence-corrected chi connectivity index (χ2v) is 4.92. The van der Waals surface area contributed by atoms with Gasteiger partial charge in [0, 0.05) is 0 Å². The van der Waals surface area contributed by atoms with Crippen molar-refractivity contribution in [2.75, 3.05) is 13.2 Å². The smallest absolute Gasteiger partial charge is 0.237 e. The molecule has 1 atom stereocenters. The van der Waals surface area contributed by atoms with Gasteiger partial charge in [-0.15, -0.1) is 0 Å². The molecule has 0 bridgehead atoms. The molecule has 0 aliphatic rings. The van der Waals surface area contributed by atoms with Crippen LogP contribution in [0.4, 0.5) is 0 Å². The minimum Gasteiger partial charge on any atom is -0.508 e. The molecule has 6 N–H and O–H groups in total. The van der Waals surface area contributed by atoms with Gasteiger partial charge in [-0.2, -0.15) is 0 Å². The van der Waals surface area contributed by atoms with Crippen LogP contribution in [-0.4, -0.2) is 46.0 Å². The first-order valence-corrected chi connectivity index (χ1v) is 6.53. The Labute approximate surface area is 118 Å². The van der Waals surface area contributed by atoms with Gasteiger partial charge in [0.1, 0.15) is 5.75 Å². The normalized spacial score (nSPS) is 13.0. The zero-order valence-corrected chi connectivity index (χ0v) is 11.5. The van der Waals surface area contributed by atoms with Crippen molar-refractivity contribution in [1.29, 1.82) is 0 Å². The SMILES string of the molecule is CCC(CO)(CO)NC(=O)C(N)Cc1ccc(O)cc1. The van der Waals surface area contributed by atoms with E-state index in [9.17, 15) is 20.1 Å². The average Bonchev–Trinajstić information content (AvgIpc) is 2.47. The van der Waals surface area contributed by atoms with Crippen LogP contribution >= 0.6 is 0 Å². The molecule has 0 radical (unpaired) electrons. The van der Waals surface area contributed by atoms with Crippen molar-refractivity contribution in [2.24, 2.45) is 5.73 Å². The lowest BCUT2D eigenvalue weighted by atomic mass is 9.97. The van der Waals surface area contributed by atoms with Crippen LogP contribution in [0, 0.1) is 0 Å². The fraction of sp³-hybridized carbons (Fsp3) is 0.500. The number of hydrogen-bond donors (Lipinski definition) is 5. The minimum absolute atomic E-state index is 0.150. The van der Waals surface area contributed by atoms with Crippen LogP contribution < -0.4 is 11.1 Å². The summed E-state index contributed by atoms with van der Waals surface area (Å²) in [6.07, 6.45) is 0.709. The Bertz CT molecular complexity index is 421. The van der Waals surface area contributed by atoms with Crippen molar-refractivity contribution in [3.05, 3.63) is 29.8 Å². The molecule has 1 amide bonds. The van der Waals surface area contributed by atoms with Gasteiger partial charge in [-0.1, -0.05) is 19.1 Å². The van der Waals surface area contributed by atoms with Crippen LogP contribution in [0.25, 0.3) is 0 Å². The lowest BCUT2D eigenvalue weighted by Gasteiger charge is -2.31. The Morgan fingerprint density at radius 2 is 1.85 bits per heavy atom. The molecule has 1 aromatic carbocycles. The molecule has 1 unspecified atom stereocenters. The minimum atomic E-state index is -1.04. The third-order valence-corrected chi connectivity index (χ3v) is 3.40. The summed E-state index contributed by atoms with van der Waals surface area (Å²) in [6, 6.07) is 5.64. The molecule has 6 nitrogen and oxygen atoms in total. The maximum Gasteiger partial charge on any atom is 0.237 e. The molecule has 0 aliphatic heterocycles. The first kappa shape index (κ1) is 16.4. The number of aliphatic hydroxyl groups is 2. The Morgan fingerprint density at radius 3 is 2.30 bits per heavy atom. The molecule has 1 rings (SSSR count). The second kappa shape index (κ2) is 7.23. The van der Waals surface area contributed by atoms with Crippen molar-refractivity contribution in [2.45, 2.75) is 31.3 Å². The van der Waals surface area contributed by atoms with Crippen molar-refractivity contribution in [3.63, 3.8) is 0 Å². The Hall–Kier alpha value is -1.63. The Morgan fingerprint density at radius 1 is 1.30 bits per heavy atom. The number of aliphatic hydroxyl groups excluding tert-OH is 2. The van der Waals surface area contributed by atoms with E-state index in [0.717, 1.165) is 5.56 Å². The summed E-state index contributed by atoms with van der Waals surface area (Å²) in [5.41, 5.74) is 5.60. The van der Waals surface area contributed by atoms with Gasteiger partial charge in [-0.25, -0.2) is 0 Å². The number of phenols is 1. The van der Waals surface area contributed by atoms with E-state index in [4.69, 9.17) is 5.73 Å². The third-order valence-electron chi connectivity index (χ3n) is 3.40. The van der Waals surface area contributed by atoms with E-state index in [0.29, 0.717) is 12.8 Å². The largest absolute Gasteiger partial charge is 0.508 e. The molecule has 0 aliphatic carbocycles. The molecule has 0 fully saturated rings. The summed E-state index contributed by atoms with van der Waals surface area (Å²) in [6.45, 7) is 1.06. The molecule has 0 aromatic heterocycles. The topological polar surface area (TPSA) is 116 Å². The molecule has 0 heterocycles. The molecule has 1 aromatic rings. The van der Waals surface area contributed by atoms with Crippen LogP contribution in [0.2, 0.25) is 0 Å². The monoisotopic (exact) mass is 282 g/mol. The first-order chi connectivity index (χ1) is 9.46. The van der Waals surface area contributed by atoms with Gasteiger partial charge in [0.15, 0.2) is 0 Å². The number of rotatable bonds is 7. The van der Waals surface area contributed by atoms with E-state index in [1.54, 1.807) is 19.1 Å². The summed E-state index contributed by atoms with van der Waals surface area (Å²) < 4.78 is 0. The van der Waals surface area contributed by atoms with Crippen LogP contribution in [0.3, 0.4) is 0 Å². The number of benzene rings is 1. The van der Waals surface area contributed by atoms with E-state index in [-0.39, 0.29) is 19.0 Å². The first-order valence-electron chi connectivity index (χ1n) is 6.53. The van der Waals surface area contributed by atoms with Crippen LogP contribution in [0.1, 0.15) is 18.9 Å². The summed E-state index contributed by atoms with van der Waals surface area (Å²) in [5, 5.41) is 30.3. The van der Waals surface area contributed by atoms with Gasteiger partial charge in [-0.3, -0.25) is 4.79 Å². The van der Waals surface area contributed by atoms with Crippen LogP contribution in [-0.2, 0) is 11.2 Å². The van der Waals surface area contributed by atoms with Gasteiger partial charge in [-0.05, 0) is 30.5 Å². The van der Waals surface area contributed by atoms with Crippen LogP contribution in [0.5, 0.6) is 5.75 Å².